The summed E-state index contributed by atoms with van der Waals surface area (Å²) in [6, 6.07) is 16.5. The number of hydrogen-bond donors (Lipinski definition) is 0. The van der Waals surface area contributed by atoms with Crippen LogP contribution in [0.3, 0.4) is 0 Å². The van der Waals surface area contributed by atoms with Gasteiger partial charge in [-0.3, -0.25) is 4.90 Å². The van der Waals surface area contributed by atoms with E-state index in [9.17, 15) is 0 Å². The molecule has 1 aliphatic heterocycles. The van der Waals surface area contributed by atoms with Crippen LogP contribution < -0.4 is 14.4 Å². The average Bonchev–Trinajstić information content (AvgIpc) is 2.79. The zero-order valence-corrected chi connectivity index (χ0v) is 18.0. The number of ether oxygens (including phenoxy) is 2. The Hall–Kier alpha value is -3.05. The number of aryl methyl sites for hydroxylation is 1. The van der Waals surface area contributed by atoms with Crippen molar-refractivity contribution < 1.29 is 9.47 Å². The zero-order valence-electron chi connectivity index (χ0n) is 18.0. The molecule has 0 radical (unpaired) electrons. The second-order valence-electron chi connectivity index (χ2n) is 7.59. The Bertz CT molecular complexity index is 1030. The SMILES string of the molecule is COc1ccc(OC)c2c(C)cc(N3CCN(C/C=C/c4ccccc4)CC3)nc12. The first-order chi connectivity index (χ1) is 14.7. The van der Waals surface area contributed by atoms with Crippen molar-refractivity contribution in [1.82, 2.24) is 9.88 Å². The number of fused-ring (bicyclic) bond motifs is 1. The lowest BCUT2D eigenvalue weighted by atomic mass is 10.1. The largest absolute Gasteiger partial charge is 0.496 e. The summed E-state index contributed by atoms with van der Waals surface area (Å²) in [4.78, 5) is 9.80. The molecule has 5 heteroatoms. The lowest BCUT2D eigenvalue weighted by molar-refractivity contribution is 0.284. The molecular formula is C25H29N3O2. The fourth-order valence-corrected chi connectivity index (χ4v) is 4.02. The van der Waals surface area contributed by atoms with Crippen LogP contribution in [0.5, 0.6) is 11.5 Å². The molecule has 1 fully saturated rings. The van der Waals surface area contributed by atoms with Crippen LogP contribution in [0.15, 0.2) is 54.6 Å². The van der Waals surface area contributed by atoms with Gasteiger partial charge in [-0.2, -0.15) is 0 Å². The molecule has 0 amide bonds. The Kier molecular flexibility index (Phi) is 6.19. The van der Waals surface area contributed by atoms with Crippen LogP contribution in [0, 0.1) is 6.92 Å². The van der Waals surface area contributed by atoms with E-state index in [2.05, 4.69) is 59.2 Å². The minimum atomic E-state index is 0.778. The highest BCUT2D eigenvalue weighted by molar-refractivity contribution is 5.94. The second kappa shape index (κ2) is 9.18. The number of aromatic nitrogens is 1. The Balaban J connectivity index is 1.46. The van der Waals surface area contributed by atoms with Gasteiger partial charge in [-0.25, -0.2) is 4.98 Å². The van der Waals surface area contributed by atoms with Gasteiger partial charge in [0, 0.05) is 38.1 Å². The molecule has 0 aliphatic carbocycles. The quantitative estimate of drug-likeness (QED) is 0.610. The van der Waals surface area contributed by atoms with E-state index >= 15 is 0 Å². The number of rotatable bonds is 6. The molecule has 0 saturated carbocycles. The second-order valence-corrected chi connectivity index (χ2v) is 7.59. The van der Waals surface area contributed by atoms with Gasteiger partial charge >= 0.3 is 0 Å². The van der Waals surface area contributed by atoms with Gasteiger partial charge in [-0.05, 0) is 36.2 Å². The van der Waals surface area contributed by atoms with Crippen molar-refractivity contribution in [3.63, 3.8) is 0 Å². The molecule has 0 atom stereocenters. The van der Waals surface area contributed by atoms with E-state index < -0.39 is 0 Å². The predicted octanol–water partition coefficient (Wildman–Crippen LogP) is 4.40. The summed E-state index contributed by atoms with van der Waals surface area (Å²) in [5.74, 6) is 2.61. The zero-order chi connectivity index (χ0) is 20.9. The van der Waals surface area contributed by atoms with Gasteiger partial charge in [-0.15, -0.1) is 0 Å². The molecular weight excluding hydrogens is 374 g/mol. The fourth-order valence-electron chi connectivity index (χ4n) is 4.02. The summed E-state index contributed by atoms with van der Waals surface area (Å²) < 4.78 is 11.1. The molecule has 156 valence electrons. The van der Waals surface area contributed by atoms with Crippen molar-refractivity contribution in [1.29, 1.82) is 0 Å². The van der Waals surface area contributed by atoms with Gasteiger partial charge in [0.05, 0.1) is 14.2 Å². The number of nitrogens with zero attached hydrogens (tertiary/aromatic N) is 3. The molecule has 0 unspecified atom stereocenters. The van der Waals surface area contributed by atoms with Crippen molar-refractivity contribution in [2.45, 2.75) is 6.92 Å². The Morgan fingerprint density at radius 3 is 2.33 bits per heavy atom. The van der Waals surface area contributed by atoms with Crippen molar-refractivity contribution >= 4 is 22.8 Å². The van der Waals surface area contributed by atoms with E-state index in [0.29, 0.717) is 0 Å². The molecule has 4 rings (SSSR count). The van der Waals surface area contributed by atoms with Gasteiger partial charge in [0.15, 0.2) is 0 Å². The molecule has 1 saturated heterocycles. The first kappa shape index (κ1) is 20.2. The summed E-state index contributed by atoms with van der Waals surface area (Å²) >= 11 is 0. The number of anilines is 1. The fraction of sp³-hybridized carbons (Fsp3) is 0.320. The molecule has 1 aliphatic rings. The van der Waals surface area contributed by atoms with E-state index in [1.807, 2.05) is 18.2 Å². The van der Waals surface area contributed by atoms with Gasteiger partial charge in [0.1, 0.15) is 22.8 Å². The first-order valence-electron chi connectivity index (χ1n) is 10.4. The van der Waals surface area contributed by atoms with Crippen LogP contribution in [0.4, 0.5) is 5.82 Å². The predicted molar refractivity (Wildman–Crippen MR) is 124 cm³/mol. The highest BCUT2D eigenvalue weighted by atomic mass is 16.5. The highest BCUT2D eigenvalue weighted by Gasteiger charge is 2.20. The molecule has 30 heavy (non-hydrogen) atoms. The van der Waals surface area contributed by atoms with Crippen LogP contribution >= 0.6 is 0 Å². The maximum absolute atomic E-state index is 5.57. The molecule has 1 aromatic heterocycles. The lowest BCUT2D eigenvalue weighted by Crippen LogP contribution is -2.46. The molecule has 0 bridgehead atoms. The first-order valence-corrected chi connectivity index (χ1v) is 10.4. The van der Waals surface area contributed by atoms with Crippen molar-refractivity contribution in [3.05, 3.63) is 65.7 Å². The summed E-state index contributed by atoms with van der Waals surface area (Å²) in [7, 11) is 3.38. The van der Waals surface area contributed by atoms with Gasteiger partial charge < -0.3 is 14.4 Å². The topological polar surface area (TPSA) is 37.8 Å². The number of hydrogen-bond acceptors (Lipinski definition) is 5. The number of pyridine rings is 1. The Morgan fingerprint density at radius 2 is 1.63 bits per heavy atom. The maximum atomic E-state index is 5.57. The van der Waals surface area contributed by atoms with Crippen molar-refractivity contribution in [2.24, 2.45) is 0 Å². The van der Waals surface area contributed by atoms with Gasteiger partial charge in [-0.1, -0.05) is 42.5 Å². The summed E-state index contributed by atoms with van der Waals surface area (Å²) in [5.41, 5.74) is 3.26. The monoisotopic (exact) mass is 403 g/mol. The average molecular weight is 404 g/mol. The molecule has 3 aromatic rings. The Morgan fingerprint density at radius 1 is 0.933 bits per heavy atom. The smallest absolute Gasteiger partial charge is 0.145 e. The maximum Gasteiger partial charge on any atom is 0.145 e. The summed E-state index contributed by atoms with van der Waals surface area (Å²) in [6.45, 7) is 7.05. The van der Waals surface area contributed by atoms with Crippen LogP contribution in [-0.4, -0.2) is 56.8 Å². The highest BCUT2D eigenvalue weighted by Crippen LogP contribution is 2.36. The third-order valence-corrected chi connectivity index (χ3v) is 5.68. The van der Waals surface area contributed by atoms with E-state index in [-0.39, 0.29) is 0 Å². The van der Waals surface area contributed by atoms with Crippen LogP contribution in [0.1, 0.15) is 11.1 Å². The van der Waals surface area contributed by atoms with Crippen LogP contribution in [-0.2, 0) is 0 Å². The van der Waals surface area contributed by atoms with Crippen molar-refractivity contribution in [3.8, 4) is 11.5 Å². The van der Waals surface area contributed by atoms with E-state index in [0.717, 1.165) is 66.5 Å². The summed E-state index contributed by atoms with van der Waals surface area (Å²) in [6.07, 6.45) is 4.45. The minimum absolute atomic E-state index is 0.778. The third-order valence-electron chi connectivity index (χ3n) is 5.68. The Labute approximate surface area is 178 Å². The van der Waals surface area contributed by atoms with Gasteiger partial charge in [0.2, 0.25) is 0 Å². The normalized spacial score (nSPS) is 15.1. The minimum Gasteiger partial charge on any atom is -0.496 e. The van der Waals surface area contributed by atoms with Gasteiger partial charge in [0.25, 0.3) is 0 Å². The number of methoxy groups -OCH3 is 2. The standard InChI is InChI=1S/C25H29N3O2/c1-19-18-23(26-25-22(30-3)12-11-21(29-2)24(19)25)28-16-14-27(15-17-28)13-7-10-20-8-5-4-6-9-20/h4-12,18H,13-17H2,1-3H3/b10-7+. The summed E-state index contributed by atoms with van der Waals surface area (Å²) in [5, 5.41) is 1.02. The van der Waals surface area contributed by atoms with E-state index in [1.165, 1.54) is 5.56 Å². The van der Waals surface area contributed by atoms with E-state index in [4.69, 9.17) is 14.5 Å². The van der Waals surface area contributed by atoms with Crippen LogP contribution in [0.2, 0.25) is 0 Å². The molecule has 0 spiro atoms. The third kappa shape index (κ3) is 4.26. The molecule has 5 nitrogen and oxygen atoms in total. The van der Waals surface area contributed by atoms with Crippen LogP contribution in [0.25, 0.3) is 17.0 Å². The number of benzene rings is 2. The number of piperazine rings is 1. The van der Waals surface area contributed by atoms with E-state index in [1.54, 1.807) is 14.2 Å². The molecule has 2 heterocycles. The van der Waals surface area contributed by atoms with Crippen molar-refractivity contribution in [2.75, 3.05) is 51.8 Å². The molecule has 2 aromatic carbocycles. The lowest BCUT2D eigenvalue weighted by Gasteiger charge is -2.35. The molecule has 0 N–H and O–H groups in total.